The molecule has 1 saturated carbocycles. The van der Waals surface area contributed by atoms with Crippen molar-refractivity contribution in [3.63, 3.8) is 0 Å². The number of carbonyl (C=O) groups excluding carboxylic acids is 3. The van der Waals surface area contributed by atoms with Crippen LogP contribution in [0.5, 0.6) is 0 Å². The lowest BCUT2D eigenvalue weighted by atomic mass is 10.0. The van der Waals surface area contributed by atoms with Gasteiger partial charge in [0.05, 0.1) is 5.92 Å². The van der Waals surface area contributed by atoms with E-state index in [1.807, 2.05) is 18.2 Å². The Morgan fingerprint density at radius 2 is 1.86 bits per heavy atom. The number of rotatable bonds is 3. The molecule has 3 amide bonds. The molecule has 4 rings (SSSR count). The molecule has 1 N–H and O–H groups in total. The minimum atomic E-state index is -0.280. The number of hydrogen-bond acceptors (Lipinski definition) is 3. The van der Waals surface area contributed by atoms with E-state index in [1.165, 1.54) is 25.7 Å². The number of anilines is 2. The lowest BCUT2D eigenvalue weighted by molar-refractivity contribution is -0.127. The van der Waals surface area contributed by atoms with Crippen LogP contribution in [0.15, 0.2) is 18.2 Å². The van der Waals surface area contributed by atoms with E-state index in [9.17, 15) is 14.4 Å². The molecule has 1 unspecified atom stereocenters. The highest BCUT2D eigenvalue weighted by atomic mass is 16.2. The van der Waals surface area contributed by atoms with Crippen LogP contribution in [0.3, 0.4) is 0 Å². The summed E-state index contributed by atoms with van der Waals surface area (Å²) in [6.45, 7) is 2.70. The van der Waals surface area contributed by atoms with Crippen molar-refractivity contribution in [3.8, 4) is 0 Å². The highest BCUT2D eigenvalue weighted by Crippen LogP contribution is 2.34. The van der Waals surface area contributed by atoms with Crippen molar-refractivity contribution in [2.75, 3.05) is 22.9 Å². The molecule has 2 fully saturated rings. The molecule has 2 heterocycles. The molecule has 6 heteroatoms. The van der Waals surface area contributed by atoms with E-state index >= 15 is 0 Å². The number of carbonyl (C=O) groups is 3. The zero-order chi connectivity index (χ0) is 19.7. The smallest absolute Gasteiger partial charge is 0.227 e. The first kappa shape index (κ1) is 19.0. The van der Waals surface area contributed by atoms with Gasteiger partial charge in [0.1, 0.15) is 0 Å². The van der Waals surface area contributed by atoms with Crippen molar-refractivity contribution < 1.29 is 14.4 Å². The van der Waals surface area contributed by atoms with Crippen molar-refractivity contribution in [2.45, 2.75) is 64.3 Å². The van der Waals surface area contributed by atoms with E-state index in [2.05, 4.69) is 5.32 Å². The van der Waals surface area contributed by atoms with Gasteiger partial charge in [0.25, 0.3) is 0 Å². The van der Waals surface area contributed by atoms with E-state index in [1.54, 1.807) is 16.7 Å². The van der Waals surface area contributed by atoms with E-state index in [4.69, 9.17) is 0 Å². The van der Waals surface area contributed by atoms with Crippen molar-refractivity contribution in [1.82, 2.24) is 5.32 Å². The highest BCUT2D eigenvalue weighted by Gasteiger charge is 2.36. The van der Waals surface area contributed by atoms with Gasteiger partial charge < -0.3 is 15.1 Å². The minimum Gasteiger partial charge on any atom is -0.353 e. The van der Waals surface area contributed by atoms with Gasteiger partial charge in [-0.15, -0.1) is 0 Å². The van der Waals surface area contributed by atoms with Crippen LogP contribution in [0.2, 0.25) is 0 Å². The number of hydrogen-bond donors (Lipinski definition) is 1. The first-order valence-corrected chi connectivity index (χ1v) is 10.5. The van der Waals surface area contributed by atoms with Crippen LogP contribution < -0.4 is 15.1 Å². The predicted molar refractivity (Wildman–Crippen MR) is 108 cm³/mol. The number of nitrogens with zero attached hydrogens (tertiary/aromatic N) is 2. The van der Waals surface area contributed by atoms with Gasteiger partial charge >= 0.3 is 0 Å². The SMILES string of the molecule is CC(=O)N1CCc2cc(N3CC(C(=O)NC4CCCCCC4)CC3=O)ccc21. The molecule has 3 aliphatic rings. The second-order valence-corrected chi connectivity index (χ2v) is 8.34. The van der Waals surface area contributed by atoms with Crippen molar-refractivity contribution in [3.05, 3.63) is 23.8 Å². The number of amides is 3. The Balaban J connectivity index is 1.42. The first-order chi connectivity index (χ1) is 13.5. The summed E-state index contributed by atoms with van der Waals surface area (Å²) in [4.78, 5) is 40.5. The molecular weight excluding hydrogens is 354 g/mol. The van der Waals surface area contributed by atoms with Crippen LogP contribution in [0.1, 0.15) is 57.4 Å². The van der Waals surface area contributed by atoms with Gasteiger partial charge in [-0.1, -0.05) is 25.7 Å². The van der Waals surface area contributed by atoms with Crippen molar-refractivity contribution in [1.29, 1.82) is 0 Å². The Morgan fingerprint density at radius 3 is 2.57 bits per heavy atom. The molecule has 0 spiro atoms. The Morgan fingerprint density at radius 1 is 1.11 bits per heavy atom. The van der Waals surface area contributed by atoms with Crippen LogP contribution in [0, 0.1) is 5.92 Å². The lowest BCUT2D eigenvalue weighted by Gasteiger charge is -2.21. The summed E-state index contributed by atoms with van der Waals surface area (Å²) in [7, 11) is 0. The van der Waals surface area contributed by atoms with Gasteiger partial charge in [0, 0.05) is 43.9 Å². The monoisotopic (exact) mass is 383 g/mol. The largest absolute Gasteiger partial charge is 0.353 e. The lowest BCUT2D eigenvalue weighted by Crippen LogP contribution is -2.39. The summed E-state index contributed by atoms with van der Waals surface area (Å²) in [5, 5.41) is 3.19. The summed E-state index contributed by atoms with van der Waals surface area (Å²) in [5.74, 6) is -0.217. The quantitative estimate of drug-likeness (QED) is 0.816. The highest BCUT2D eigenvalue weighted by molar-refractivity contribution is 6.01. The first-order valence-electron chi connectivity index (χ1n) is 10.5. The van der Waals surface area contributed by atoms with E-state index in [0.717, 1.165) is 36.2 Å². The molecule has 1 saturated heterocycles. The zero-order valence-electron chi connectivity index (χ0n) is 16.6. The molecule has 0 bridgehead atoms. The molecule has 6 nitrogen and oxygen atoms in total. The average Bonchev–Trinajstić information content (AvgIpc) is 3.18. The summed E-state index contributed by atoms with van der Waals surface area (Å²) >= 11 is 0. The molecule has 150 valence electrons. The summed E-state index contributed by atoms with van der Waals surface area (Å²) in [6.07, 6.45) is 8.02. The second-order valence-electron chi connectivity index (χ2n) is 8.34. The van der Waals surface area contributed by atoms with Crippen LogP contribution in [-0.2, 0) is 20.8 Å². The predicted octanol–water partition coefficient (Wildman–Crippen LogP) is 2.79. The topological polar surface area (TPSA) is 69.7 Å². The van der Waals surface area contributed by atoms with Gasteiger partial charge in [-0.05, 0) is 43.0 Å². The maximum Gasteiger partial charge on any atom is 0.227 e. The third-order valence-electron chi connectivity index (χ3n) is 6.35. The molecule has 1 aliphatic carbocycles. The fourth-order valence-electron chi connectivity index (χ4n) is 4.76. The molecular formula is C22H29N3O3. The fraction of sp³-hybridized carbons (Fsp3) is 0.591. The standard InChI is InChI=1S/C22H29N3O3/c1-15(26)24-11-10-16-12-19(8-9-20(16)24)25-14-17(13-21(25)27)22(28)23-18-6-4-2-3-5-7-18/h8-9,12,17-18H,2-7,10-11,13-14H2,1H3,(H,23,28). The molecule has 28 heavy (non-hydrogen) atoms. The Bertz CT molecular complexity index is 783. The third-order valence-corrected chi connectivity index (χ3v) is 6.35. The van der Waals surface area contributed by atoms with E-state index in [0.29, 0.717) is 13.1 Å². The van der Waals surface area contributed by atoms with Gasteiger partial charge in [-0.3, -0.25) is 14.4 Å². The van der Waals surface area contributed by atoms with Gasteiger partial charge in [-0.2, -0.15) is 0 Å². The van der Waals surface area contributed by atoms with Crippen LogP contribution in [-0.4, -0.2) is 36.9 Å². The third kappa shape index (κ3) is 3.77. The molecule has 1 aromatic rings. The van der Waals surface area contributed by atoms with Crippen molar-refractivity contribution >= 4 is 29.1 Å². The van der Waals surface area contributed by atoms with Gasteiger partial charge in [-0.25, -0.2) is 0 Å². The van der Waals surface area contributed by atoms with Crippen molar-refractivity contribution in [2.24, 2.45) is 5.92 Å². The fourth-order valence-corrected chi connectivity index (χ4v) is 4.76. The normalized spacial score (nSPS) is 22.9. The van der Waals surface area contributed by atoms with E-state index < -0.39 is 0 Å². The van der Waals surface area contributed by atoms with Gasteiger partial charge in [0.15, 0.2) is 0 Å². The van der Waals surface area contributed by atoms with E-state index in [-0.39, 0.29) is 36.1 Å². The maximum atomic E-state index is 12.7. The summed E-state index contributed by atoms with van der Waals surface area (Å²) < 4.78 is 0. The van der Waals surface area contributed by atoms with Gasteiger partial charge in [0.2, 0.25) is 17.7 Å². The molecule has 0 aromatic heterocycles. The molecule has 1 atom stereocenters. The molecule has 0 radical (unpaired) electrons. The van der Waals surface area contributed by atoms with Crippen LogP contribution >= 0.6 is 0 Å². The second kappa shape index (κ2) is 7.94. The maximum absolute atomic E-state index is 12.7. The average molecular weight is 383 g/mol. The summed E-state index contributed by atoms with van der Waals surface area (Å²) in [6, 6.07) is 6.08. The minimum absolute atomic E-state index is 0.00221. The van der Waals surface area contributed by atoms with Crippen LogP contribution in [0.4, 0.5) is 11.4 Å². The Hall–Kier alpha value is -2.37. The summed E-state index contributed by atoms with van der Waals surface area (Å²) in [5.41, 5.74) is 2.86. The number of nitrogens with one attached hydrogen (secondary N) is 1. The number of fused-ring (bicyclic) bond motifs is 1. The molecule has 1 aromatic carbocycles. The zero-order valence-corrected chi connectivity index (χ0v) is 16.6. The number of benzene rings is 1. The van der Waals surface area contributed by atoms with Crippen LogP contribution in [0.25, 0.3) is 0 Å². The molecule has 2 aliphatic heterocycles. The Labute approximate surface area is 166 Å². The Kier molecular flexibility index (Phi) is 5.38.